The van der Waals surface area contributed by atoms with E-state index in [4.69, 9.17) is 0 Å². The number of unbranched alkanes of at least 4 members (excludes halogenated alkanes) is 2. The molecule has 0 bridgehead atoms. The van der Waals surface area contributed by atoms with Crippen LogP contribution in [0.4, 0.5) is 5.82 Å². The van der Waals surface area contributed by atoms with E-state index < -0.39 is 0 Å². The monoisotopic (exact) mass is 295 g/mol. The van der Waals surface area contributed by atoms with Gasteiger partial charge in [-0.05, 0) is 30.5 Å². The number of nitrogens with zero attached hydrogens (tertiary/aromatic N) is 2. The lowest BCUT2D eigenvalue weighted by Gasteiger charge is -2.07. The van der Waals surface area contributed by atoms with E-state index in [1.165, 1.54) is 25.0 Å². The predicted molar refractivity (Wildman–Crippen MR) is 87.3 cm³/mol. The molecule has 0 aliphatic carbocycles. The summed E-state index contributed by atoms with van der Waals surface area (Å²) in [7, 11) is 0. The van der Waals surface area contributed by atoms with E-state index in [2.05, 4.69) is 40.6 Å². The van der Waals surface area contributed by atoms with E-state index in [-0.39, 0.29) is 0 Å². The Kier molecular flexibility index (Phi) is 5.92. The smallest absolute Gasteiger partial charge is 0.142 e. The Morgan fingerprint density at radius 1 is 1.26 bits per heavy atom. The Hall–Kier alpha value is -0.810. The lowest BCUT2D eigenvalue weighted by Crippen LogP contribution is -2.03. The summed E-state index contributed by atoms with van der Waals surface area (Å²) in [5.74, 6) is 4.05. The average Bonchev–Trinajstić information content (AvgIpc) is 2.87. The molecule has 0 radical (unpaired) electrons. The number of aromatic nitrogens is 2. The van der Waals surface area contributed by atoms with E-state index in [0.29, 0.717) is 0 Å². The van der Waals surface area contributed by atoms with Gasteiger partial charge in [0.05, 0.1) is 11.1 Å². The van der Waals surface area contributed by atoms with Gasteiger partial charge in [0.1, 0.15) is 16.5 Å². The molecule has 0 amide bonds. The maximum atomic E-state index is 4.64. The van der Waals surface area contributed by atoms with Crippen molar-refractivity contribution in [3.05, 3.63) is 17.3 Å². The van der Waals surface area contributed by atoms with Crippen LogP contribution in [0.15, 0.2) is 11.4 Å². The molecule has 0 unspecified atom stereocenters. The summed E-state index contributed by atoms with van der Waals surface area (Å²) in [5, 5.41) is 6.56. The summed E-state index contributed by atoms with van der Waals surface area (Å²) in [5.41, 5.74) is 0. The van der Waals surface area contributed by atoms with Crippen molar-refractivity contribution in [1.29, 1.82) is 0 Å². The van der Waals surface area contributed by atoms with Crippen LogP contribution in [0, 0.1) is 0 Å². The van der Waals surface area contributed by atoms with Crippen LogP contribution >= 0.6 is 23.1 Å². The van der Waals surface area contributed by atoms with Crippen molar-refractivity contribution in [3.8, 4) is 0 Å². The SMILES string of the molecule is CCCCCSCc1nc(NCC)c2ccsc2n1. The van der Waals surface area contributed by atoms with Crippen molar-refractivity contribution in [1.82, 2.24) is 9.97 Å². The van der Waals surface area contributed by atoms with E-state index in [1.807, 2.05) is 11.8 Å². The Labute approximate surface area is 123 Å². The molecule has 19 heavy (non-hydrogen) atoms. The molecule has 2 heterocycles. The van der Waals surface area contributed by atoms with Crippen molar-refractivity contribution in [2.24, 2.45) is 0 Å². The predicted octanol–water partition coefficient (Wildman–Crippen LogP) is 4.55. The normalized spacial score (nSPS) is 11.1. The van der Waals surface area contributed by atoms with Gasteiger partial charge in [0.2, 0.25) is 0 Å². The topological polar surface area (TPSA) is 37.8 Å². The molecule has 0 saturated carbocycles. The van der Waals surface area contributed by atoms with E-state index >= 15 is 0 Å². The van der Waals surface area contributed by atoms with E-state index in [1.54, 1.807) is 11.3 Å². The molecule has 5 heteroatoms. The second-order valence-electron chi connectivity index (χ2n) is 4.42. The molecule has 2 rings (SSSR count). The first-order valence-electron chi connectivity index (χ1n) is 6.90. The summed E-state index contributed by atoms with van der Waals surface area (Å²) in [6, 6.07) is 2.09. The molecule has 0 aromatic carbocycles. The number of hydrogen-bond donors (Lipinski definition) is 1. The second-order valence-corrected chi connectivity index (χ2v) is 6.42. The highest BCUT2D eigenvalue weighted by Gasteiger charge is 2.08. The first-order chi connectivity index (χ1) is 9.35. The summed E-state index contributed by atoms with van der Waals surface area (Å²) in [4.78, 5) is 10.4. The largest absolute Gasteiger partial charge is 0.370 e. The highest BCUT2D eigenvalue weighted by atomic mass is 32.2. The number of thioether (sulfide) groups is 1. The highest BCUT2D eigenvalue weighted by Crippen LogP contribution is 2.26. The number of thiophene rings is 1. The fraction of sp³-hybridized carbons (Fsp3) is 0.571. The number of anilines is 1. The third-order valence-electron chi connectivity index (χ3n) is 2.84. The van der Waals surface area contributed by atoms with Crippen LogP contribution < -0.4 is 5.32 Å². The molecule has 104 valence electrons. The summed E-state index contributed by atoms with van der Waals surface area (Å²) in [6.07, 6.45) is 3.89. The fourth-order valence-electron chi connectivity index (χ4n) is 1.88. The van der Waals surface area contributed by atoms with Gasteiger partial charge < -0.3 is 5.32 Å². The Morgan fingerprint density at radius 3 is 2.95 bits per heavy atom. The fourth-order valence-corrected chi connectivity index (χ4v) is 3.53. The molecule has 0 atom stereocenters. The summed E-state index contributed by atoms with van der Waals surface area (Å²) in [6.45, 7) is 5.23. The number of rotatable bonds is 8. The van der Waals surface area contributed by atoms with Gasteiger partial charge in [-0.15, -0.1) is 11.3 Å². The lowest BCUT2D eigenvalue weighted by molar-refractivity contribution is 0.778. The zero-order valence-corrected chi connectivity index (χ0v) is 13.2. The molecule has 0 saturated heterocycles. The molecule has 0 aliphatic rings. The molecule has 0 spiro atoms. The van der Waals surface area contributed by atoms with Gasteiger partial charge in [0, 0.05) is 6.54 Å². The molecule has 2 aromatic rings. The van der Waals surface area contributed by atoms with Gasteiger partial charge in [-0.1, -0.05) is 19.8 Å². The number of hydrogen-bond acceptors (Lipinski definition) is 5. The highest BCUT2D eigenvalue weighted by molar-refractivity contribution is 7.98. The van der Waals surface area contributed by atoms with Gasteiger partial charge in [-0.25, -0.2) is 9.97 Å². The zero-order valence-electron chi connectivity index (χ0n) is 11.6. The Morgan fingerprint density at radius 2 is 2.16 bits per heavy atom. The van der Waals surface area contributed by atoms with E-state index in [9.17, 15) is 0 Å². The van der Waals surface area contributed by atoms with Crippen LogP contribution in [-0.4, -0.2) is 22.3 Å². The number of fused-ring (bicyclic) bond motifs is 1. The lowest BCUT2D eigenvalue weighted by atomic mass is 10.3. The first kappa shape index (κ1) is 14.6. The third-order valence-corrected chi connectivity index (χ3v) is 4.69. The molecular formula is C14H21N3S2. The van der Waals surface area contributed by atoms with Crippen LogP contribution in [-0.2, 0) is 5.75 Å². The standard InChI is InChI=1S/C14H21N3S2/c1-3-5-6-8-18-10-12-16-13(15-4-2)11-7-9-19-14(11)17-12/h7,9H,3-6,8,10H2,1-2H3,(H,15,16,17). The van der Waals surface area contributed by atoms with Crippen molar-refractivity contribution in [2.45, 2.75) is 38.9 Å². The van der Waals surface area contributed by atoms with Gasteiger partial charge in [-0.3, -0.25) is 0 Å². The number of nitrogens with one attached hydrogen (secondary N) is 1. The average molecular weight is 295 g/mol. The van der Waals surface area contributed by atoms with Crippen LogP contribution in [0.3, 0.4) is 0 Å². The quantitative estimate of drug-likeness (QED) is 0.725. The summed E-state index contributed by atoms with van der Waals surface area (Å²) < 4.78 is 0. The van der Waals surface area contributed by atoms with Crippen LogP contribution in [0.1, 0.15) is 38.9 Å². The van der Waals surface area contributed by atoms with Crippen LogP contribution in [0.25, 0.3) is 10.2 Å². The Bertz CT molecular complexity index is 510. The maximum Gasteiger partial charge on any atom is 0.142 e. The van der Waals surface area contributed by atoms with Crippen molar-refractivity contribution in [2.75, 3.05) is 17.6 Å². The van der Waals surface area contributed by atoms with E-state index in [0.717, 1.165) is 34.2 Å². The van der Waals surface area contributed by atoms with Gasteiger partial charge in [-0.2, -0.15) is 11.8 Å². The molecule has 0 fully saturated rings. The third kappa shape index (κ3) is 4.08. The zero-order chi connectivity index (χ0) is 13.5. The minimum absolute atomic E-state index is 0.894. The van der Waals surface area contributed by atoms with Crippen molar-refractivity contribution >= 4 is 39.1 Å². The van der Waals surface area contributed by atoms with Crippen LogP contribution in [0.5, 0.6) is 0 Å². The molecule has 2 aromatic heterocycles. The van der Waals surface area contributed by atoms with Gasteiger partial charge in [0.25, 0.3) is 0 Å². The Balaban J connectivity index is 2.02. The van der Waals surface area contributed by atoms with Crippen molar-refractivity contribution in [3.63, 3.8) is 0 Å². The minimum Gasteiger partial charge on any atom is -0.370 e. The summed E-state index contributed by atoms with van der Waals surface area (Å²) >= 11 is 3.62. The van der Waals surface area contributed by atoms with Crippen molar-refractivity contribution < 1.29 is 0 Å². The first-order valence-corrected chi connectivity index (χ1v) is 8.94. The molecule has 1 N–H and O–H groups in total. The molecule has 3 nitrogen and oxygen atoms in total. The molecule has 0 aliphatic heterocycles. The maximum absolute atomic E-state index is 4.64. The molecular weight excluding hydrogens is 274 g/mol. The minimum atomic E-state index is 0.894. The van der Waals surface area contributed by atoms with Gasteiger partial charge >= 0.3 is 0 Å². The second kappa shape index (κ2) is 7.70. The van der Waals surface area contributed by atoms with Crippen LogP contribution in [0.2, 0.25) is 0 Å². The van der Waals surface area contributed by atoms with Gasteiger partial charge in [0.15, 0.2) is 0 Å².